The van der Waals surface area contributed by atoms with E-state index in [4.69, 9.17) is 0 Å². The number of hydrogen-bond donors (Lipinski definition) is 0. The summed E-state index contributed by atoms with van der Waals surface area (Å²) in [6.45, 7) is 12.5. The number of nitrogens with zero attached hydrogens (tertiary/aromatic N) is 4. The van der Waals surface area contributed by atoms with Gasteiger partial charge in [0, 0.05) is 75.1 Å². The number of halogens is 1. The van der Waals surface area contributed by atoms with Crippen LogP contribution in [-0.2, 0) is 13.1 Å². The van der Waals surface area contributed by atoms with E-state index in [1.165, 1.54) is 0 Å². The topological polar surface area (TPSA) is 96.1 Å². The van der Waals surface area contributed by atoms with Gasteiger partial charge in [0.05, 0.1) is 9.85 Å². The molecule has 2 aromatic heterocycles. The van der Waals surface area contributed by atoms with Crippen molar-refractivity contribution in [2.24, 2.45) is 11.8 Å². The zero-order valence-corrected chi connectivity index (χ0v) is 22.1. The molecule has 0 atom stereocenters. The van der Waals surface area contributed by atoms with Gasteiger partial charge >= 0.3 is 0 Å². The summed E-state index contributed by atoms with van der Waals surface area (Å²) in [6.07, 6.45) is 4.11. The molecule has 8 nitrogen and oxygen atoms in total. The predicted molar refractivity (Wildman–Crippen MR) is 144 cm³/mol. The Morgan fingerprint density at radius 1 is 0.794 bits per heavy atom. The molecule has 0 saturated heterocycles. The van der Waals surface area contributed by atoms with Gasteiger partial charge in [-0.05, 0) is 59.0 Å². The maximum Gasteiger partial charge on any atom is 0.270 e. The Labute approximate surface area is 212 Å². The molecule has 0 unspecified atom stereocenters. The summed E-state index contributed by atoms with van der Waals surface area (Å²) >= 11 is 2.22. The minimum Gasteiger partial charge on any atom is -0.347 e. The molecular weight excluding hydrogens is 547 g/mol. The van der Waals surface area contributed by atoms with Gasteiger partial charge in [0.25, 0.3) is 11.4 Å². The zero-order chi connectivity index (χ0) is 25.2. The quantitative estimate of drug-likeness (QED) is 0.136. The molecule has 0 bridgehead atoms. The number of aromatic nitrogens is 2. The Kier molecular flexibility index (Phi) is 7.96. The van der Waals surface area contributed by atoms with Gasteiger partial charge in [0.1, 0.15) is 0 Å². The molecule has 34 heavy (non-hydrogen) atoms. The molecule has 4 aromatic rings. The van der Waals surface area contributed by atoms with Gasteiger partial charge in [-0.2, -0.15) is 0 Å². The molecule has 0 aliphatic rings. The molecular formula is C25H29IN4O4. The average Bonchev–Trinajstić information content (AvgIpc) is 3.23. The molecule has 0 spiro atoms. The number of non-ortho nitro benzene ring substituents is 2. The molecule has 0 saturated carbocycles. The largest absolute Gasteiger partial charge is 0.347 e. The van der Waals surface area contributed by atoms with E-state index >= 15 is 0 Å². The molecule has 0 radical (unpaired) electrons. The SMILES string of the molecule is CC(C)Cn1cc(I)c2cc([N+](=O)[O-])ccc21.Cc1cn(CC(C)C)c2ccc([N+](=O)[O-])cc12. The Bertz CT molecular complexity index is 1250. The van der Waals surface area contributed by atoms with E-state index in [1.807, 2.05) is 19.1 Å². The number of rotatable bonds is 6. The van der Waals surface area contributed by atoms with Crippen LogP contribution in [0.4, 0.5) is 11.4 Å². The second kappa shape index (κ2) is 10.5. The first-order valence-electron chi connectivity index (χ1n) is 11.1. The van der Waals surface area contributed by atoms with Crippen molar-refractivity contribution in [3.63, 3.8) is 0 Å². The van der Waals surface area contributed by atoms with Crippen molar-refractivity contribution < 1.29 is 9.85 Å². The number of hydrogen-bond acceptors (Lipinski definition) is 4. The fraction of sp³-hybridized carbons (Fsp3) is 0.360. The van der Waals surface area contributed by atoms with E-state index < -0.39 is 0 Å². The van der Waals surface area contributed by atoms with E-state index in [1.54, 1.807) is 24.3 Å². The standard InChI is InChI=1S/C13H16N2O2.C12H13IN2O2/c1-9(2)7-14-8-10(3)12-6-11(15(16)17)4-5-13(12)14;1-8(2)6-14-7-11(13)10-5-9(15(16)17)3-4-12(10)14/h4-6,8-9H,7H2,1-3H3;3-5,7-8H,6H2,1-2H3. The van der Waals surface area contributed by atoms with Crippen LogP contribution in [-0.4, -0.2) is 19.0 Å². The first-order chi connectivity index (χ1) is 16.0. The van der Waals surface area contributed by atoms with Crippen molar-refractivity contribution >= 4 is 55.8 Å². The number of aryl methyl sites for hydroxylation is 1. The third-order valence-electron chi connectivity index (χ3n) is 5.43. The fourth-order valence-electron chi connectivity index (χ4n) is 4.02. The lowest BCUT2D eigenvalue weighted by atomic mass is 10.2. The highest BCUT2D eigenvalue weighted by Gasteiger charge is 2.13. The molecule has 0 fully saturated rings. The van der Waals surface area contributed by atoms with Gasteiger partial charge in [0.2, 0.25) is 0 Å². The van der Waals surface area contributed by atoms with Gasteiger partial charge < -0.3 is 9.13 Å². The Morgan fingerprint density at radius 3 is 1.71 bits per heavy atom. The van der Waals surface area contributed by atoms with Gasteiger partial charge in [-0.25, -0.2) is 0 Å². The molecule has 2 heterocycles. The minimum atomic E-state index is -0.352. The maximum atomic E-state index is 10.7. The number of nitro groups is 2. The molecule has 0 amide bonds. The first kappa shape index (κ1) is 25.7. The van der Waals surface area contributed by atoms with Crippen molar-refractivity contribution in [2.45, 2.75) is 47.7 Å². The van der Waals surface area contributed by atoms with Crippen molar-refractivity contribution in [3.05, 3.63) is 78.2 Å². The Hall–Kier alpha value is -2.95. The van der Waals surface area contributed by atoms with Crippen LogP contribution in [0.25, 0.3) is 21.8 Å². The minimum absolute atomic E-state index is 0.151. The van der Waals surface area contributed by atoms with E-state index in [9.17, 15) is 20.2 Å². The highest BCUT2D eigenvalue weighted by atomic mass is 127. The van der Waals surface area contributed by atoms with Crippen molar-refractivity contribution in [3.8, 4) is 0 Å². The highest BCUT2D eigenvalue weighted by Crippen LogP contribution is 2.28. The van der Waals surface area contributed by atoms with Gasteiger partial charge in [-0.3, -0.25) is 20.2 Å². The van der Waals surface area contributed by atoms with Gasteiger partial charge in [0.15, 0.2) is 0 Å². The predicted octanol–water partition coefficient (Wildman–Crippen LogP) is 7.32. The van der Waals surface area contributed by atoms with Gasteiger partial charge in [-0.15, -0.1) is 0 Å². The Morgan fingerprint density at radius 2 is 1.24 bits per heavy atom. The van der Waals surface area contributed by atoms with Crippen LogP contribution >= 0.6 is 22.6 Å². The summed E-state index contributed by atoms with van der Waals surface area (Å²) < 4.78 is 5.38. The lowest BCUT2D eigenvalue weighted by Gasteiger charge is -2.07. The van der Waals surface area contributed by atoms with Crippen LogP contribution < -0.4 is 0 Å². The summed E-state index contributed by atoms with van der Waals surface area (Å²) in [7, 11) is 0. The van der Waals surface area contributed by atoms with E-state index in [0.717, 1.165) is 44.0 Å². The van der Waals surface area contributed by atoms with Crippen molar-refractivity contribution in [2.75, 3.05) is 0 Å². The fourth-order valence-corrected chi connectivity index (χ4v) is 4.79. The molecule has 2 aromatic carbocycles. The molecule has 0 aliphatic carbocycles. The van der Waals surface area contributed by atoms with Gasteiger partial charge in [-0.1, -0.05) is 27.7 Å². The average molecular weight is 576 g/mol. The molecule has 9 heteroatoms. The van der Waals surface area contributed by atoms with E-state index in [2.05, 4.69) is 71.8 Å². The summed E-state index contributed by atoms with van der Waals surface area (Å²) in [5.74, 6) is 1.11. The van der Waals surface area contributed by atoms with Crippen LogP contribution in [0, 0.1) is 42.6 Å². The van der Waals surface area contributed by atoms with E-state index in [0.29, 0.717) is 11.8 Å². The smallest absolute Gasteiger partial charge is 0.270 e. The van der Waals surface area contributed by atoms with Crippen LogP contribution in [0.3, 0.4) is 0 Å². The number of nitro benzene ring substituents is 2. The maximum absolute atomic E-state index is 10.7. The second-order valence-corrected chi connectivity index (χ2v) is 10.5. The second-order valence-electron chi connectivity index (χ2n) is 9.30. The summed E-state index contributed by atoms with van der Waals surface area (Å²) in [6, 6.07) is 10.1. The monoisotopic (exact) mass is 576 g/mol. The van der Waals surface area contributed by atoms with Crippen LogP contribution in [0.1, 0.15) is 33.3 Å². The van der Waals surface area contributed by atoms with E-state index in [-0.39, 0.29) is 21.2 Å². The lowest BCUT2D eigenvalue weighted by Crippen LogP contribution is -2.02. The first-order valence-corrected chi connectivity index (χ1v) is 12.2. The molecule has 0 N–H and O–H groups in total. The summed E-state index contributed by atoms with van der Waals surface area (Å²) in [4.78, 5) is 20.8. The number of benzene rings is 2. The van der Waals surface area contributed by atoms with Crippen molar-refractivity contribution in [1.82, 2.24) is 9.13 Å². The van der Waals surface area contributed by atoms with Crippen LogP contribution in [0.15, 0.2) is 48.8 Å². The molecule has 0 aliphatic heterocycles. The van der Waals surface area contributed by atoms with Crippen LogP contribution in [0.5, 0.6) is 0 Å². The number of fused-ring (bicyclic) bond motifs is 2. The molecule has 180 valence electrons. The lowest BCUT2D eigenvalue weighted by molar-refractivity contribution is -0.384. The normalized spacial score (nSPS) is 11.3. The molecule has 4 rings (SSSR count). The highest BCUT2D eigenvalue weighted by molar-refractivity contribution is 14.1. The van der Waals surface area contributed by atoms with Crippen molar-refractivity contribution in [1.29, 1.82) is 0 Å². The van der Waals surface area contributed by atoms with Crippen LogP contribution in [0.2, 0.25) is 0 Å². The summed E-state index contributed by atoms with van der Waals surface area (Å²) in [5, 5.41) is 23.4. The third kappa shape index (κ3) is 5.75. The third-order valence-corrected chi connectivity index (χ3v) is 6.28. The summed E-state index contributed by atoms with van der Waals surface area (Å²) in [5.41, 5.74) is 3.53. The zero-order valence-electron chi connectivity index (χ0n) is 20.0. The Balaban J connectivity index is 0.000000191.